The Labute approximate surface area is 114 Å². The molecule has 1 saturated heterocycles. The molecule has 4 heteroatoms. The molecule has 0 spiro atoms. The molecule has 1 heterocycles. The summed E-state index contributed by atoms with van der Waals surface area (Å²) in [6.45, 7) is 4.09. The van der Waals surface area contributed by atoms with Crippen molar-refractivity contribution in [3.05, 3.63) is 35.9 Å². The predicted molar refractivity (Wildman–Crippen MR) is 74.9 cm³/mol. The SMILES string of the molecule is COC1(C)CCCN(C(=O)NCc2ccccc2)C1. The fourth-order valence-electron chi connectivity index (χ4n) is 2.43. The number of benzene rings is 1. The molecule has 2 amide bonds. The van der Waals surface area contributed by atoms with Gasteiger partial charge in [-0.15, -0.1) is 0 Å². The molecule has 0 saturated carbocycles. The van der Waals surface area contributed by atoms with Crippen molar-refractivity contribution >= 4 is 6.03 Å². The third kappa shape index (κ3) is 3.70. The molecule has 1 N–H and O–H groups in total. The summed E-state index contributed by atoms with van der Waals surface area (Å²) >= 11 is 0. The fraction of sp³-hybridized carbons (Fsp3) is 0.533. The summed E-state index contributed by atoms with van der Waals surface area (Å²) in [6.07, 6.45) is 2.00. The van der Waals surface area contributed by atoms with Gasteiger partial charge in [0.1, 0.15) is 0 Å². The first kappa shape index (κ1) is 13.9. The molecule has 1 aliphatic heterocycles. The summed E-state index contributed by atoms with van der Waals surface area (Å²) in [4.78, 5) is 14.0. The molecule has 19 heavy (non-hydrogen) atoms. The lowest BCUT2D eigenvalue weighted by atomic mass is 9.95. The van der Waals surface area contributed by atoms with Crippen molar-refractivity contribution in [1.82, 2.24) is 10.2 Å². The van der Waals surface area contributed by atoms with E-state index in [1.165, 1.54) is 0 Å². The van der Waals surface area contributed by atoms with Crippen molar-refractivity contribution in [2.45, 2.75) is 31.9 Å². The van der Waals surface area contributed by atoms with E-state index in [0.29, 0.717) is 13.1 Å². The first-order valence-electron chi connectivity index (χ1n) is 6.75. The number of carbonyl (C=O) groups is 1. The minimum atomic E-state index is -0.206. The van der Waals surface area contributed by atoms with E-state index >= 15 is 0 Å². The normalized spacial score (nSPS) is 23.2. The second kappa shape index (κ2) is 6.06. The Morgan fingerprint density at radius 1 is 1.42 bits per heavy atom. The summed E-state index contributed by atoms with van der Waals surface area (Å²) in [6, 6.07) is 9.94. The maximum Gasteiger partial charge on any atom is 0.317 e. The van der Waals surface area contributed by atoms with Crippen LogP contribution < -0.4 is 5.32 Å². The highest BCUT2D eigenvalue weighted by molar-refractivity contribution is 5.74. The van der Waals surface area contributed by atoms with Crippen molar-refractivity contribution in [2.24, 2.45) is 0 Å². The van der Waals surface area contributed by atoms with E-state index in [1.807, 2.05) is 35.2 Å². The van der Waals surface area contributed by atoms with Crippen LogP contribution in [0.3, 0.4) is 0 Å². The molecule has 0 radical (unpaired) electrons. The Kier molecular flexibility index (Phi) is 4.43. The highest BCUT2D eigenvalue weighted by atomic mass is 16.5. The number of nitrogens with zero attached hydrogens (tertiary/aromatic N) is 1. The van der Waals surface area contributed by atoms with Gasteiger partial charge in [-0.1, -0.05) is 30.3 Å². The number of hydrogen-bond acceptors (Lipinski definition) is 2. The van der Waals surface area contributed by atoms with Crippen LogP contribution in [0.25, 0.3) is 0 Å². The standard InChI is InChI=1S/C15H22N2O2/c1-15(19-2)9-6-10-17(12-15)14(18)16-11-13-7-4-3-5-8-13/h3-5,7-8H,6,9-12H2,1-2H3,(H,16,18). The van der Waals surface area contributed by atoms with Crippen LogP contribution in [0.15, 0.2) is 30.3 Å². The van der Waals surface area contributed by atoms with E-state index < -0.39 is 0 Å². The van der Waals surface area contributed by atoms with Crippen LogP contribution in [0.4, 0.5) is 4.79 Å². The number of methoxy groups -OCH3 is 1. The van der Waals surface area contributed by atoms with Gasteiger partial charge in [-0.3, -0.25) is 0 Å². The number of hydrogen-bond donors (Lipinski definition) is 1. The number of carbonyl (C=O) groups excluding carboxylic acids is 1. The minimum Gasteiger partial charge on any atom is -0.377 e. The van der Waals surface area contributed by atoms with Crippen LogP contribution >= 0.6 is 0 Å². The number of likely N-dealkylation sites (tertiary alicyclic amines) is 1. The lowest BCUT2D eigenvalue weighted by Gasteiger charge is -2.39. The smallest absolute Gasteiger partial charge is 0.317 e. The lowest BCUT2D eigenvalue weighted by molar-refractivity contribution is -0.0401. The van der Waals surface area contributed by atoms with Crippen LogP contribution in [-0.2, 0) is 11.3 Å². The van der Waals surface area contributed by atoms with Gasteiger partial charge in [0.25, 0.3) is 0 Å². The largest absolute Gasteiger partial charge is 0.377 e. The molecule has 1 fully saturated rings. The molecule has 1 aromatic rings. The van der Waals surface area contributed by atoms with E-state index in [9.17, 15) is 4.79 Å². The Bertz CT molecular complexity index is 421. The Morgan fingerprint density at radius 3 is 2.84 bits per heavy atom. The van der Waals surface area contributed by atoms with Gasteiger partial charge < -0.3 is 15.0 Å². The molecule has 104 valence electrons. The molecular formula is C15H22N2O2. The van der Waals surface area contributed by atoms with Crippen LogP contribution in [0.5, 0.6) is 0 Å². The summed E-state index contributed by atoms with van der Waals surface area (Å²) in [5.74, 6) is 0. The minimum absolute atomic E-state index is 0.00757. The number of nitrogens with one attached hydrogen (secondary N) is 1. The second-order valence-corrected chi connectivity index (χ2v) is 5.32. The third-order valence-electron chi connectivity index (χ3n) is 3.73. The summed E-state index contributed by atoms with van der Waals surface area (Å²) in [5, 5.41) is 2.96. The molecule has 0 aliphatic carbocycles. The van der Waals surface area contributed by atoms with E-state index in [1.54, 1.807) is 7.11 Å². The summed E-state index contributed by atoms with van der Waals surface area (Å²) in [7, 11) is 1.71. The molecule has 0 aromatic heterocycles. The monoisotopic (exact) mass is 262 g/mol. The highest BCUT2D eigenvalue weighted by Gasteiger charge is 2.32. The second-order valence-electron chi connectivity index (χ2n) is 5.32. The van der Waals surface area contributed by atoms with E-state index in [0.717, 1.165) is 24.9 Å². The first-order valence-corrected chi connectivity index (χ1v) is 6.75. The maximum atomic E-state index is 12.1. The summed E-state index contributed by atoms with van der Waals surface area (Å²) < 4.78 is 5.50. The van der Waals surface area contributed by atoms with Gasteiger partial charge in [0.2, 0.25) is 0 Å². The third-order valence-corrected chi connectivity index (χ3v) is 3.73. The average molecular weight is 262 g/mol. The van der Waals surface area contributed by atoms with Gasteiger partial charge in [0, 0.05) is 20.2 Å². The molecule has 1 atom stereocenters. The van der Waals surface area contributed by atoms with Crippen LogP contribution in [-0.4, -0.2) is 36.7 Å². The molecular weight excluding hydrogens is 240 g/mol. The molecule has 1 aliphatic rings. The molecule has 2 rings (SSSR count). The number of amides is 2. The van der Waals surface area contributed by atoms with Crippen LogP contribution in [0.1, 0.15) is 25.3 Å². The zero-order valence-corrected chi connectivity index (χ0v) is 11.7. The molecule has 0 bridgehead atoms. The van der Waals surface area contributed by atoms with Crippen molar-refractivity contribution in [3.8, 4) is 0 Å². The van der Waals surface area contributed by atoms with Crippen LogP contribution in [0, 0.1) is 0 Å². The maximum absolute atomic E-state index is 12.1. The van der Waals surface area contributed by atoms with Gasteiger partial charge in [-0.2, -0.15) is 0 Å². The average Bonchev–Trinajstić information content (AvgIpc) is 2.46. The predicted octanol–water partition coefficient (Wildman–Crippen LogP) is 2.40. The fourth-order valence-corrected chi connectivity index (χ4v) is 2.43. The number of rotatable bonds is 3. The lowest BCUT2D eigenvalue weighted by Crippen LogP contribution is -2.52. The number of urea groups is 1. The highest BCUT2D eigenvalue weighted by Crippen LogP contribution is 2.23. The topological polar surface area (TPSA) is 41.6 Å². The van der Waals surface area contributed by atoms with Crippen molar-refractivity contribution in [3.63, 3.8) is 0 Å². The van der Waals surface area contributed by atoms with E-state index in [4.69, 9.17) is 4.74 Å². The quantitative estimate of drug-likeness (QED) is 0.908. The van der Waals surface area contributed by atoms with E-state index in [2.05, 4.69) is 12.2 Å². The number of ether oxygens (including phenoxy) is 1. The van der Waals surface area contributed by atoms with Gasteiger partial charge >= 0.3 is 6.03 Å². The zero-order chi connectivity index (χ0) is 13.7. The van der Waals surface area contributed by atoms with Crippen LogP contribution in [0.2, 0.25) is 0 Å². The van der Waals surface area contributed by atoms with E-state index in [-0.39, 0.29) is 11.6 Å². The van der Waals surface area contributed by atoms with Gasteiger partial charge in [0.15, 0.2) is 0 Å². The van der Waals surface area contributed by atoms with Crippen molar-refractivity contribution < 1.29 is 9.53 Å². The van der Waals surface area contributed by atoms with Gasteiger partial charge in [-0.25, -0.2) is 4.79 Å². The molecule has 4 nitrogen and oxygen atoms in total. The van der Waals surface area contributed by atoms with Crippen molar-refractivity contribution in [1.29, 1.82) is 0 Å². The van der Waals surface area contributed by atoms with Crippen molar-refractivity contribution in [2.75, 3.05) is 20.2 Å². The zero-order valence-electron chi connectivity index (χ0n) is 11.7. The first-order chi connectivity index (χ1) is 9.13. The van der Waals surface area contributed by atoms with Gasteiger partial charge in [-0.05, 0) is 25.3 Å². The Balaban J connectivity index is 1.86. The van der Waals surface area contributed by atoms with Gasteiger partial charge in [0.05, 0.1) is 12.1 Å². The Morgan fingerprint density at radius 2 is 2.16 bits per heavy atom. The number of piperidine rings is 1. The molecule has 1 aromatic carbocycles. The summed E-state index contributed by atoms with van der Waals surface area (Å²) in [5.41, 5.74) is 0.907. The molecule has 1 unspecified atom stereocenters. The Hall–Kier alpha value is -1.55.